The lowest BCUT2D eigenvalue weighted by Crippen LogP contribution is -2.30. The van der Waals surface area contributed by atoms with Crippen LogP contribution in [0.25, 0.3) is 5.52 Å². The summed E-state index contributed by atoms with van der Waals surface area (Å²) in [4.78, 5) is 38.3. The molecule has 0 aliphatic rings. The lowest BCUT2D eigenvalue weighted by Gasteiger charge is -2.07. The third-order valence-corrected chi connectivity index (χ3v) is 5.38. The Hall–Kier alpha value is -4.27. The van der Waals surface area contributed by atoms with E-state index >= 15 is 0 Å². The van der Waals surface area contributed by atoms with Gasteiger partial charge in [0.2, 0.25) is 5.91 Å². The molecule has 0 unspecified atom stereocenters. The second kappa shape index (κ2) is 9.07. The maximum atomic E-state index is 13.1. The van der Waals surface area contributed by atoms with Crippen molar-refractivity contribution in [1.82, 2.24) is 19.5 Å². The molecule has 0 aliphatic carbocycles. The molecule has 0 atom stereocenters. The SMILES string of the molecule is Cc1c(C(=O)NCc2ccc(F)cc2)c(C)n2cnn(CC(=O)Nc3ccccc3)c(=O)c12. The summed E-state index contributed by atoms with van der Waals surface area (Å²) in [6.07, 6.45) is 1.42. The second-order valence-corrected chi connectivity index (χ2v) is 7.62. The highest BCUT2D eigenvalue weighted by atomic mass is 19.1. The Morgan fingerprint density at radius 2 is 1.73 bits per heavy atom. The number of carbonyl (C=O) groups excluding carboxylic acids is 2. The van der Waals surface area contributed by atoms with Crippen molar-refractivity contribution in [1.29, 1.82) is 0 Å². The fourth-order valence-electron chi connectivity index (χ4n) is 3.73. The zero-order valence-corrected chi connectivity index (χ0v) is 18.1. The monoisotopic (exact) mass is 447 g/mol. The van der Waals surface area contributed by atoms with E-state index in [1.807, 2.05) is 6.07 Å². The lowest BCUT2D eigenvalue weighted by molar-refractivity contribution is -0.117. The first-order valence-electron chi connectivity index (χ1n) is 10.3. The Kier molecular flexibility index (Phi) is 6.03. The molecule has 0 spiro atoms. The molecule has 0 bridgehead atoms. The lowest BCUT2D eigenvalue weighted by atomic mass is 10.1. The molecular weight excluding hydrogens is 425 g/mol. The number of halogens is 1. The smallest absolute Gasteiger partial charge is 0.291 e. The van der Waals surface area contributed by atoms with Crippen molar-refractivity contribution in [3.05, 3.63) is 99.5 Å². The first kappa shape index (κ1) is 21.9. The van der Waals surface area contributed by atoms with Gasteiger partial charge in [-0.3, -0.25) is 18.8 Å². The number of hydrogen-bond acceptors (Lipinski definition) is 4. The van der Waals surface area contributed by atoms with Gasteiger partial charge in [-0.05, 0) is 49.2 Å². The number of para-hydroxylation sites is 1. The largest absolute Gasteiger partial charge is 0.348 e. The van der Waals surface area contributed by atoms with Crippen LogP contribution in [0.15, 0.2) is 65.7 Å². The first-order valence-corrected chi connectivity index (χ1v) is 10.3. The molecule has 9 heteroatoms. The van der Waals surface area contributed by atoms with Gasteiger partial charge >= 0.3 is 0 Å². The van der Waals surface area contributed by atoms with Gasteiger partial charge in [0.15, 0.2) is 0 Å². The van der Waals surface area contributed by atoms with E-state index in [9.17, 15) is 18.8 Å². The molecule has 4 aromatic rings. The summed E-state index contributed by atoms with van der Waals surface area (Å²) in [5.74, 6) is -1.10. The van der Waals surface area contributed by atoms with Crippen LogP contribution in [-0.2, 0) is 17.9 Å². The number of anilines is 1. The predicted octanol–water partition coefficient (Wildman–Crippen LogP) is 2.82. The fourth-order valence-corrected chi connectivity index (χ4v) is 3.73. The molecule has 2 heterocycles. The van der Waals surface area contributed by atoms with Crippen LogP contribution >= 0.6 is 0 Å². The van der Waals surface area contributed by atoms with Gasteiger partial charge in [-0.25, -0.2) is 9.07 Å². The molecular formula is C24H22FN5O3. The number of aryl methyl sites for hydroxylation is 2. The van der Waals surface area contributed by atoms with Crippen LogP contribution in [0.1, 0.15) is 27.2 Å². The van der Waals surface area contributed by atoms with Gasteiger partial charge in [-0.1, -0.05) is 30.3 Å². The van der Waals surface area contributed by atoms with Gasteiger partial charge in [0, 0.05) is 17.9 Å². The number of fused-ring (bicyclic) bond motifs is 1. The van der Waals surface area contributed by atoms with Crippen LogP contribution in [0, 0.1) is 19.7 Å². The number of aromatic nitrogens is 3. The number of nitrogens with one attached hydrogen (secondary N) is 2. The van der Waals surface area contributed by atoms with Gasteiger partial charge < -0.3 is 10.6 Å². The van der Waals surface area contributed by atoms with Crippen LogP contribution in [0.5, 0.6) is 0 Å². The highest BCUT2D eigenvalue weighted by molar-refractivity contribution is 5.99. The third-order valence-electron chi connectivity index (χ3n) is 5.38. The Morgan fingerprint density at radius 1 is 1.03 bits per heavy atom. The summed E-state index contributed by atoms with van der Waals surface area (Å²) in [6.45, 7) is 3.36. The van der Waals surface area contributed by atoms with E-state index in [1.165, 1.54) is 18.5 Å². The summed E-state index contributed by atoms with van der Waals surface area (Å²) in [6, 6.07) is 14.7. The molecule has 0 fully saturated rings. The molecule has 0 saturated heterocycles. The minimum absolute atomic E-state index is 0.215. The van der Waals surface area contributed by atoms with Crippen LogP contribution in [0.4, 0.5) is 10.1 Å². The van der Waals surface area contributed by atoms with Crippen LogP contribution in [0.3, 0.4) is 0 Å². The summed E-state index contributed by atoms with van der Waals surface area (Å²) < 4.78 is 15.7. The Balaban J connectivity index is 1.57. The minimum atomic E-state index is -0.473. The van der Waals surface area contributed by atoms with Gasteiger partial charge in [-0.2, -0.15) is 5.10 Å². The molecule has 4 rings (SSSR count). The van der Waals surface area contributed by atoms with Gasteiger partial charge in [0.1, 0.15) is 24.2 Å². The van der Waals surface area contributed by atoms with E-state index in [-0.39, 0.29) is 30.3 Å². The van der Waals surface area contributed by atoms with Gasteiger partial charge in [0.25, 0.3) is 11.5 Å². The van der Waals surface area contributed by atoms with Crippen molar-refractivity contribution in [2.24, 2.45) is 0 Å². The number of hydrogen-bond donors (Lipinski definition) is 2. The van der Waals surface area contributed by atoms with E-state index in [4.69, 9.17) is 0 Å². The average molecular weight is 447 g/mol. The Morgan fingerprint density at radius 3 is 2.42 bits per heavy atom. The van der Waals surface area contributed by atoms with Crippen molar-refractivity contribution in [3.8, 4) is 0 Å². The number of carbonyl (C=O) groups is 2. The van der Waals surface area contributed by atoms with Crippen LogP contribution in [0.2, 0.25) is 0 Å². The van der Waals surface area contributed by atoms with Gasteiger partial charge in [0.05, 0.1) is 5.56 Å². The zero-order chi connectivity index (χ0) is 23.5. The number of amides is 2. The summed E-state index contributed by atoms with van der Waals surface area (Å²) in [5, 5.41) is 9.62. The molecule has 2 aromatic heterocycles. The van der Waals surface area contributed by atoms with Crippen molar-refractivity contribution in [2.75, 3.05) is 5.32 Å². The van der Waals surface area contributed by atoms with E-state index in [0.717, 1.165) is 10.2 Å². The second-order valence-electron chi connectivity index (χ2n) is 7.62. The van der Waals surface area contributed by atoms with Crippen molar-refractivity contribution in [3.63, 3.8) is 0 Å². The Bertz CT molecular complexity index is 1390. The highest BCUT2D eigenvalue weighted by Gasteiger charge is 2.22. The number of rotatable bonds is 6. The van der Waals surface area contributed by atoms with Crippen molar-refractivity contribution in [2.45, 2.75) is 26.9 Å². The molecule has 33 heavy (non-hydrogen) atoms. The Labute approximate surface area is 188 Å². The summed E-state index contributed by atoms with van der Waals surface area (Å²) in [5.41, 5.74) is 2.59. The molecule has 0 aliphatic heterocycles. The topological polar surface area (TPSA) is 97.5 Å². The van der Waals surface area contributed by atoms with Crippen molar-refractivity contribution < 1.29 is 14.0 Å². The quantitative estimate of drug-likeness (QED) is 0.475. The van der Waals surface area contributed by atoms with Crippen LogP contribution < -0.4 is 16.2 Å². The van der Waals surface area contributed by atoms with Crippen LogP contribution in [-0.4, -0.2) is 26.0 Å². The third kappa shape index (κ3) is 4.52. The fraction of sp³-hybridized carbons (Fsp3) is 0.167. The molecule has 0 radical (unpaired) electrons. The molecule has 2 amide bonds. The zero-order valence-electron chi connectivity index (χ0n) is 18.1. The van der Waals surface area contributed by atoms with Crippen molar-refractivity contribution >= 4 is 23.0 Å². The molecule has 168 valence electrons. The predicted molar refractivity (Wildman–Crippen MR) is 122 cm³/mol. The standard InChI is InChI=1S/C24H22FN5O3/c1-15-21(23(32)26-12-17-8-10-18(25)11-9-17)16(2)29-14-27-30(24(33)22(15)29)13-20(31)28-19-6-4-3-5-7-19/h3-11,14H,12-13H2,1-2H3,(H,26,32)(H,28,31). The summed E-state index contributed by atoms with van der Waals surface area (Å²) in [7, 11) is 0. The van der Waals surface area contributed by atoms with E-state index in [2.05, 4.69) is 15.7 Å². The molecule has 0 saturated carbocycles. The molecule has 8 nitrogen and oxygen atoms in total. The molecule has 2 N–H and O–H groups in total. The normalized spacial score (nSPS) is 10.9. The van der Waals surface area contributed by atoms with E-state index in [0.29, 0.717) is 22.5 Å². The maximum Gasteiger partial charge on any atom is 0.291 e. The number of nitrogens with zero attached hydrogens (tertiary/aromatic N) is 3. The minimum Gasteiger partial charge on any atom is -0.348 e. The number of benzene rings is 2. The van der Waals surface area contributed by atoms with E-state index < -0.39 is 11.5 Å². The van der Waals surface area contributed by atoms with Gasteiger partial charge in [-0.15, -0.1) is 0 Å². The first-order chi connectivity index (χ1) is 15.8. The van der Waals surface area contributed by atoms with E-state index in [1.54, 1.807) is 54.6 Å². The maximum absolute atomic E-state index is 13.1. The molecule has 2 aromatic carbocycles. The average Bonchev–Trinajstić information content (AvgIpc) is 3.06. The highest BCUT2D eigenvalue weighted by Crippen LogP contribution is 2.20. The summed E-state index contributed by atoms with van der Waals surface area (Å²) >= 11 is 0.